The molecule has 0 saturated carbocycles. The molecule has 1 saturated heterocycles. The van der Waals surface area contributed by atoms with Crippen molar-refractivity contribution in [3.8, 4) is 0 Å². The van der Waals surface area contributed by atoms with Gasteiger partial charge in [-0.3, -0.25) is 4.99 Å². The number of ether oxygens (including phenoxy) is 1. The van der Waals surface area contributed by atoms with Crippen LogP contribution in [0.25, 0.3) is 0 Å². The van der Waals surface area contributed by atoms with E-state index in [1.54, 1.807) is 0 Å². The van der Waals surface area contributed by atoms with Crippen LogP contribution in [0.15, 0.2) is 35.3 Å². The highest BCUT2D eigenvalue weighted by molar-refractivity contribution is 5.79. The van der Waals surface area contributed by atoms with Gasteiger partial charge in [0.05, 0.1) is 6.10 Å². The lowest BCUT2D eigenvalue weighted by Gasteiger charge is -2.32. The molecule has 1 fully saturated rings. The topological polar surface area (TPSA) is 48.9 Å². The SMILES string of the molecule is CCCN1CCC(NC(=NC)NCCCOC(C)c2ccccc2)CC1. The Morgan fingerprint density at radius 3 is 2.65 bits per heavy atom. The minimum absolute atomic E-state index is 0.141. The lowest BCUT2D eigenvalue weighted by atomic mass is 10.1. The summed E-state index contributed by atoms with van der Waals surface area (Å²) < 4.78 is 5.92. The fraction of sp³-hybridized carbons (Fsp3) is 0.667. The normalized spacial score (nSPS) is 17.9. The van der Waals surface area contributed by atoms with E-state index < -0.39 is 0 Å². The van der Waals surface area contributed by atoms with Gasteiger partial charge < -0.3 is 20.3 Å². The Kier molecular flexibility index (Phi) is 9.50. The monoisotopic (exact) mass is 360 g/mol. The third-order valence-corrected chi connectivity index (χ3v) is 4.94. The highest BCUT2D eigenvalue weighted by Gasteiger charge is 2.19. The van der Waals surface area contributed by atoms with E-state index in [1.807, 2.05) is 13.1 Å². The number of aliphatic imine (C=N–C) groups is 1. The van der Waals surface area contributed by atoms with Crippen molar-refractivity contribution < 1.29 is 4.74 Å². The molecule has 0 bridgehead atoms. The van der Waals surface area contributed by atoms with Crippen LogP contribution in [0, 0.1) is 0 Å². The van der Waals surface area contributed by atoms with E-state index in [1.165, 1.54) is 44.5 Å². The van der Waals surface area contributed by atoms with Gasteiger partial charge in [0, 0.05) is 39.3 Å². The molecule has 1 unspecified atom stereocenters. The van der Waals surface area contributed by atoms with Crippen molar-refractivity contribution in [1.82, 2.24) is 15.5 Å². The molecule has 5 heteroatoms. The summed E-state index contributed by atoms with van der Waals surface area (Å²) in [5, 5.41) is 6.98. The van der Waals surface area contributed by atoms with Gasteiger partial charge in [-0.25, -0.2) is 0 Å². The lowest BCUT2D eigenvalue weighted by molar-refractivity contribution is 0.0646. The molecule has 0 radical (unpaired) electrons. The lowest BCUT2D eigenvalue weighted by Crippen LogP contribution is -2.49. The zero-order chi connectivity index (χ0) is 18.6. The second kappa shape index (κ2) is 11.9. The summed E-state index contributed by atoms with van der Waals surface area (Å²) in [7, 11) is 1.84. The van der Waals surface area contributed by atoms with Crippen LogP contribution in [0.4, 0.5) is 0 Å². The third kappa shape index (κ3) is 7.34. The van der Waals surface area contributed by atoms with Gasteiger partial charge in [-0.2, -0.15) is 0 Å². The predicted molar refractivity (Wildman–Crippen MR) is 110 cm³/mol. The van der Waals surface area contributed by atoms with Gasteiger partial charge in [0.1, 0.15) is 0 Å². The Labute approximate surface area is 159 Å². The Bertz CT molecular complexity index is 512. The number of benzene rings is 1. The van der Waals surface area contributed by atoms with Gasteiger partial charge >= 0.3 is 0 Å². The van der Waals surface area contributed by atoms with Gasteiger partial charge in [-0.1, -0.05) is 37.3 Å². The van der Waals surface area contributed by atoms with Gasteiger partial charge in [0.25, 0.3) is 0 Å². The second-order valence-corrected chi connectivity index (χ2v) is 7.04. The Hall–Kier alpha value is -1.59. The first-order valence-electron chi connectivity index (χ1n) is 10.1. The molecule has 0 aromatic heterocycles. The maximum Gasteiger partial charge on any atom is 0.191 e. The summed E-state index contributed by atoms with van der Waals surface area (Å²) in [4.78, 5) is 6.91. The fourth-order valence-electron chi connectivity index (χ4n) is 3.36. The molecule has 1 aromatic rings. The number of likely N-dealkylation sites (tertiary alicyclic amines) is 1. The molecule has 1 heterocycles. The molecule has 0 aliphatic carbocycles. The van der Waals surface area contributed by atoms with Crippen molar-refractivity contribution in [2.24, 2.45) is 4.99 Å². The average Bonchev–Trinajstić information content (AvgIpc) is 2.69. The number of hydrogen-bond donors (Lipinski definition) is 2. The quantitative estimate of drug-likeness (QED) is 0.403. The molecule has 1 aromatic carbocycles. The third-order valence-electron chi connectivity index (χ3n) is 4.94. The van der Waals surface area contributed by atoms with Crippen molar-refractivity contribution in [1.29, 1.82) is 0 Å². The maximum absolute atomic E-state index is 5.92. The number of piperidine rings is 1. The fourth-order valence-corrected chi connectivity index (χ4v) is 3.36. The number of guanidine groups is 1. The van der Waals surface area contributed by atoms with E-state index in [0.717, 1.165) is 25.5 Å². The first-order valence-corrected chi connectivity index (χ1v) is 10.1. The number of nitrogens with zero attached hydrogens (tertiary/aromatic N) is 2. The molecule has 2 rings (SSSR count). The molecule has 26 heavy (non-hydrogen) atoms. The summed E-state index contributed by atoms with van der Waals surface area (Å²) >= 11 is 0. The Morgan fingerprint density at radius 1 is 1.27 bits per heavy atom. The highest BCUT2D eigenvalue weighted by atomic mass is 16.5. The van der Waals surface area contributed by atoms with Gasteiger partial charge in [-0.15, -0.1) is 0 Å². The zero-order valence-corrected chi connectivity index (χ0v) is 16.7. The number of nitrogens with one attached hydrogen (secondary N) is 2. The van der Waals surface area contributed by atoms with Crippen LogP contribution in [-0.2, 0) is 4.74 Å². The van der Waals surface area contributed by atoms with Crippen molar-refractivity contribution in [3.63, 3.8) is 0 Å². The van der Waals surface area contributed by atoms with E-state index in [0.29, 0.717) is 6.04 Å². The van der Waals surface area contributed by atoms with E-state index in [2.05, 4.69) is 58.6 Å². The summed E-state index contributed by atoms with van der Waals surface area (Å²) in [6.07, 6.45) is 4.73. The summed E-state index contributed by atoms with van der Waals surface area (Å²) in [6, 6.07) is 10.9. The van der Waals surface area contributed by atoms with Gasteiger partial charge in [-0.05, 0) is 44.7 Å². The molecular formula is C21H36N4O. The predicted octanol–water partition coefficient (Wildman–Crippen LogP) is 3.19. The second-order valence-electron chi connectivity index (χ2n) is 7.04. The van der Waals surface area contributed by atoms with Crippen LogP contribution in [0.5, 0.6) is 0 Å². The van der Waals surface area contributed by atoms with Crippen LogP contribution in [0.3, 0.4) is 0 Å². The molecular weight excluding hydrogens is 324 g/mol. The van der Waals surface area contributed by atoms with E-state index >= 15 is 0 Å². The first kappa shape index (κ1) is 20.7. The van der Waals surface area contributed by atoms with Crippen LogP contribution in [0.2, 0.25) is 0 Å². The van der Waals surface area contributed by atoms with E-state index in [9.17, 15) is 0 Å². The smallest absolute Gasteiger partial charge is 0.191 e. The minimum Gasteiger partial charge on any atom is -0.374 e. The summed E-state index contributed by atoms with van der Waals surface area (Å²) in [6.45, 7) is 9.57. The number of hydrogen-bond acceptors (Lipinski definition) is 3. The number of rotatable bonds is 9. The largest absolute Gasteiger partial charge is 0.374 e. The summed E-state index contributed by atoms with van der Waals surface area (Å²) in [5.74, 6) is 0.912. The van der Waals surface area contributed by atoms with E-state index in [-0.39, 0.29) is 6.10 Å². The molecule has 1 aliphatic rings. The van der Waals surface area contributed by atoms with Crippen LogP contribution < -0.4 is 10.6 Å². The molecule has 5 nitrogen and oxygen atoms in total. The molecule has 1 atom stereocenters. The Balaban J connectivity index is 1.58. The minimum atomic E-state index is 0.141. The molecule has 2 N–H and O–H groups in total. The standard InChI is InChI=1S/C21H36N4O/c1-4-14-25-15-11-20(12-16-25)24-21(22-3)23-13-8-17-26-18(2)19-9-6-5-7-10-19/h5-7,9-10,18,20H,4,8,11-17H2,1-3H3,(H2,22,23,24). The zero-order valence-electron chi connectivity index (χ0n) is 16.7. The average molecular weight is 361 g/mol. The van der Waals surface area contributed by atoms with Crippen molar-refractivity contribution in [2.75, 3.05) is 39.8 Å². The van der Waals surface area contributed by atoms with Crippen molar-refractivity contribution >= 4 is 5.96 Å². The van der Waals surface area contributed by atoms with Gasteiger partial charge in [0.2, 0.25) is 0 Å². The van der Waals surface area contributed by atoms with Gasteiger partial charge in [0.15, 0.2) is 5.96 Å². The molecule has 1 aliphatic heterocycles. The summed E-state index contributed by atoms with van der Waals surface area (Å²) in [5.41, 5.74) is 1.23. The molecule has 0 amide bonds. The van der Waals surface area contributed by atoms with Crippen molar-refractivity contribution in [3.05, 3.63) is 35.9 Å². The van der Waals surface area contributed by atoms with Crippen LogP contribution in [-0.4, -0.2) is 56.7 Å². The van der Waals surface area contributed by atoms with Crippen molar-refractivity contribution in [2.45, 2.75) is 51.7 Å². The van der Waals surface area contributed by atoms with Crippen LogP contribution >= 0.6 is 0 Å². The first-order chi connectivity index (χ1) is 12.7. The van der Waals surface area contributed by atoms with Crippen LogP contribution in [0.1, 0.15) is 51.2 Å². The molecule has 146 valence electrons. The molecule has 0 spiro atoms. The Morgan fingerprint density at radius 2 is 2.00 bits per heavy atom. The maximum atomic E-state index is 5.92. The highest BCUT2D eigenvalue weighted by Crippen LogP contribution is 2.15. The van der Waals surface area contributed by atoms with E-state index in [4.69, 9.17) is 4.74 Å².